The number of carbonyl (C=O) groups excluding carboxylic acids is 1. The van der Waals surface area contributed by atoms with Gasteiger partial charge in [-0.2, -0.15) is 0 Å². The van der Waals surface area contributed by atoms with Crippen molar-refractivity contribution in [3.05, 3.63) is 24.3 Å². The van der Waals surface area contributed by atoms with Crippen LogP contribution in [0.2, 0.25) is 0 Å². The fourth-order valence-corrected chi connectivity index (χ4v) is 4.03. The molecule has 1 aromatic rings. The van der Waals surface area contributed by atoms with E-state index < -0.39 is 0 Å². The van der Waals surface area contributed by atoms with Gasteiger partial charge >= 0.3 is 0 Å². The molecule has 2 aliphatic heterocycles. The number of nitrogens with one attached hydrogen (secondary N) is 1. The minimum atomic E-state index is -0.0522. The van der Waals surface area contributed by atoms with Crippen LogP contribution in [0.4, 0.5) is 5.69 Å². The molecule has 0 bridgehead atoms. The van der Waals surface area contributed by atoms with Crippen LogP contribution in [0.5, 0.6) is 5.75 Å². The molecule has 29 heavy (non-hydrogen) atoms. The van der Waals surface area contributed by atoms with Crippen molar-refractivity contribution in [3.63, 3.8) is 0 Å². The average molecular weight is 405 g/mol. The van der Waals surface area contributed by atoms with E-state index in [1.807, 2.05) is 12.1 Å². The van der Waals surface area contributed by atoms with Crippen LogP contribution in [0.15, 0.2) is 24.3 Å². The van der Waals surface area contributed by atoms with Gasteiger partial charge in [0.2, 0.25) is 5.91 Å². The summed E-state index contributed by atoms with van der Waals surface area (Å²) in [6.07, 6.45) is 1.05. The fourth-order valence-electron chi connectivity index (χ4n) is 4.03. The number of benzene rings is 1. The summed E-state index contributed by atoms with van der Waals surface area (Å²) >= 11 is 0. The smallest absolute Gasteiger partial charge is 0.234 e. The van der Waals surface area contributed by atoms with E-state index in [1.165, 1.54) is 5.69 Å². The maximum atomic E-state index is 12.6. The van der Waals surface area contributed by atoms with Gasteiger partial charge in [-0.25, -0.2) is 0 Å². The van der Waals surface area contributed by atoms with Gasteiger partial charge < -0.3 is 19.7 Å². The highest BCUT2D eigenvalue weighted by molar-refractivity contribution is 5.78. The van der Waals surface area contributed by atoms with Crippen LogP contribution < -0.4 is 15.0 Å². The van der Waals surface area contributed by atoms with Crippen molar-refractivity contribution >= 4 is 11.6 Å². The second-order valence-electron chi connectivity index (χ2n) is 8.50. The lowest BCUT2D eigenvalue weighted by Crippen LogP contribution is -2.56. The summed E-state index contributed by atoms with van der Waals surface area (Å²) in [5, 5.41) is 3.15. The SMILES string of the molecule is COc1ccc(N2CCCN(CC(=O)NCC(C)(C)N3CCOCC3)CC2)cc1. The Hall–Kier alpha value is -1.83. The molecule has 1 aromatic carbocycles. The minimum absolute atomic E-state index is 0.0522. The van der Waals surface area contributed by atoms with Crippen molar-refractivity contribution in [1.82, 2.24) is 15.1 Å². The Labute approximate surface area is 174 Å². The van der Waals surface area contributed by atoms with Gasteiger partial charge in [0.15, 0.2) is 0 Å². The summed E-state index contributed by atoms with van der Waals surface area (Å²) in [7, 11) is 1.69. The highest BCUT2D eigenvalue weighted by atomic mass is 16.5. The largest absolute Gasteiger partial charge is 0.497 e. The Morgan fingerprint density at radius 3 is 2.48 bits per heavy atom. The zero-order chi connectivity index (χ0) is 20.7. The Morgan fingerprint density at radius 2 is 1.79 bits per heavy atom. The fraction of sp³-hybridized carbons (Fsp3) is 0.682. The number of ether oxygens (including phenoxy) is 2. The standard InChI is InChI=1S/C22H36N4O3/c1-22(2,26-13-15-29-16-14-26)18-23-21(27)17-24-9-4-10-25(12-11-24)19-5-7-20(28-3)8-6-19/h5-8H,4,9-18H2,1-3H3,(H,23,27). The summed E-state index contributed by atoms with van der Waals surface area (Å²) in [5.74, 6) is 0.992. The molecule has 0 unspecified atom stereocenters. The first-order chi connectivity index (χ1) is 14.0. The number of carbonyl (C=O) groups is 1. The van der Waals surface area contributed by atoms with Gasteiger partial charge in [-0.15, -0.1) is 0 Å². The summed E-state index contributed by atoms with van der Waals surface area (Å²) < 4.78 is 10.7. The van der Waals surface area contributed by atoms with Crippen LogP contribution in [0.3, 0.4) is 0 Å². The molecule has 2 saturated heterocycles. The number of amides is 1. The number of hydrogen-bond donors (Lipinski definition) is 1. The first-order valence-corrected chi connectivity index (χ1v) is 10.7. The highest BCUT2D eigenvalue weighted by Crippen LogP contribution is 2.20. The summed E-state index contributed by atoms with van der Waals surface area (Å²) in [4.78, 5) is 19.6. The normalized spacial score (nSPS) is 19.6. The predicted molar refractivity (Wildman–Crippen MR) is 116 cm³/mol. The third-order valence-electron chi connectivity index (χ3n) is 5.98. The summed E-state index contributed by atoms with van der Waals surface area (Å²) in [6, 6.07) is 8.22. The zero-order valence-corrected chi connectivity index (χ0v) is 18.2. The molecule has 1 N–H and O–H groups in total. The topological polar surface area (TPSA) is 57.3 Å². The lowest BCUT2D eigenvalue weighted by atomic mass is 10.0. The first-order valence-electron chi connectivity index (χ1n) is 10.7. The molecule has 162 valence electrons. The Balaban J connectivity index is 1.43. The third-order valence-corrected chi connectivity index (χ3v) is 5.98. The number of methoxy groups -OCH3 is 1. The number of anilines is 1. The molecule has 2 heterocycles. The molecule has 0 saturated carbocycles. The van der Waals surface area contributed by atoms with E-state index in [2.05, 4.69) is 46.0 Å². The average Bonchev–Trinajstić information content (AvgIpc) is 2.99. The monoisotopic (exact) mass is 404 g/mol. The molecule has 3 rings (SSSR count). The van der Waals surface area contributed by atoms with Crippen molar-refractivity contribution in [3.8, 4) is 5.75 Å². The second-order valence-corrected chi connectivity index (χ2v) is 8.50. The van der Waals surface area contributed by atoms with Crippen LogP contribution in [0, 0.1) is 0 Å². The van der Waals surface area contributed by atoms with Gasteiger partial charge in [0, 0.05) is 57.0 Å². The first kappa shape index (κ1) is 21.9. The Kier molecular flexibility index (Phi) is 7.75. The summed E-state index contributed by atoms with van der Waals surface area (Å²) in [5.41, 5.74) is 1.16. The second kappa shape index (κ2) is 10.3. The van der Waals surface area contributed by atoms with Crippen LogP contribution in [-0.4, -0.2) is 93.9 Å². The highest BCUT2D eigenvalue weighted by Gasteiger charge is 2.28. The maximum absolute atomic E-state index is 12.6. The molecule has 0 atom stereocenters. The van der Waals surface area contributed by atoms with Crippen LogP contribution in [0.25, 0.3) is 0 Å². The van der Waals surface area contributed by atoms with E-state index >= 15 is 0 Å². The van der Waals surface area contributed by atoms with E-state index in [1.54, 1.807) is 7.11 Å². The van der Waals surface area contributed by atoms with E-state index in [0.717, 1.165) is 64.7 Å². The lowest BCUT2D eigenvalue weighted by Gasteiger charge is -2.41. The molecule has 0 aromatic heterocycles. The molecular weight excluding hydrogens is 368 g/mol. The number of rotatable bonds is 7. The zero-order valence-electron chi connectivity index (χ0n) is 18.2. The van der Waals surface area contributed by atoms with Gasteiger partial charge in [0.1, 0.15) is 5.75 Å². The minimum Gasteiger partial charge on any atom is -0.497 e. The molecule has 1 amide bonds. The van der Waals surface area contributed by atoms with Crippen molar-refractivity contribution < 1.29 is 14.3 Å². The van der Waals surface area contributed by atoms with Crippen molar-refractivity contribution in [2.75, 3.05) is 77.6 Å². The molecule has 7 heteroatoms. The van der Waals surface area contributed by atoms with E-state index in [0.29, 0.717) is 13.1 Å². The molecule has 2 aliphatic rings. The molecule has 0 aliphatic carbocycles. The third kappa shape index (κ3) is 6.32. The van der Waals surface area contributed by atoms with E-state index in [4.69, 9.17) is 9.47 Å². The predicted octanol–water partition coefficient (Wildman–Crippen LogP) is 1.43. The van der Waals surface area contributed by atoms with Crippen molar-refractivity contribution in [1.29, 1.82) is 0 Å². The quantitative estimate of drug-likeness (QED) is 0.742. The maximum Gasteiger partial charge on any atom is 0.234 e. The van der Waals surface area contributed by atoms with Crippen LogP contribution >= 0.6 is 0 Å². The number of nitrogens with zero attached hydrogens (tertiary/aromatic N) is 3. The molecule has 7 nitrogen and oxygen atoms in total. The molecule has 0 radical (unpaired) electrons. The summed E-state index contributed by atoms with van der Waals surface area (Å²) in [6.45, 7) is 12.7. The van der Waals surface area contributed by atoms with Gasteiger partial charge in [-0.1, -0.05) is 0 Å². The van der Waals surface area contributed by atoms with Gasteiger partial charge in [0.25, 0.3) is 0 Å². The van der Waals surface area contributed by atoms with Gasteiger partial charge in [-0.05, 0) is 44.5 Å². The van der Waals surface area contributed by atoms with E-state index in [-0.39, 0.29) is 11.4 Å². The van der Waals surface area contributed by atoms with Crippen LogP contribution in [0.1, 0.15) is 20.3 Å². The van der Waals surface area contributed by atoms with Crippen molar-refractivity contribution in [2.45, 2.75) is 25.8 Å². The Morgan fingerprint density at radius 1 is 1.07 bits per heavy atom. The molecular formula is C22H36N4O3. The van der Waals surface area contributed by atoms with Gasteiger partial charge in [-0.3, -0.25) is 14.6 Å². The van der Waals surface area contributed by atoms with Crippen molar-refractivity contribution in [2.24, 2.45) is 0 Å². The number of hydrogen-bond acceptors (Lipinski definition) is 6. The Bertz CT molecular complexity index is 644. The lowest BCUT2D eigenvalue weighted by molar-refractivity contribution is -0.123. The molecule has 0 spiro atoms. The number of morpholine rings is 1. The molecule has 2 fully saturated rings. The van der Waals surface area contributed by atoms with Crippen LogP contribution in [-0.2, 0) is 9.53 Å². The van der Waals surface area contributed by atoms with Gasteiger partial charge in [0.05, 0.1) is 26.9 Å². The van der Waals surface area contributed by atoms with E-state index in [9.17, 15) is 4.79 Å².